The lowest BCUT2D eigenvalue weighted by atomic mass is 9.81. The van der Waals surface area contributed by atoms with Crippen LogP contribution in [0.4, 0.5) is 10.5 Å². The first-order valence-corrected chi connectivity index (χ1v) is 10.1. The summed E-state index contributed by atoms with van der Waals surface area (Å²) in [4.78, 5) is 27.5. The molecule has 7 nitrogen and oxygen atoms in total. The zero-order valence-electron chi connectivity index (χ0n) is 17.7. The molecule has 0 spiro atoms. The molecular weight excluding hydrogens is 382 g/mol. The number of likely N-dealkylation sites (tertiary alicyclic amines) is 1. The second kappa shape index (κ2) is 9.52. The van der Waals surface area contributed by atoms with Crippen LogP contribution in [0.3, 0.4) is 0 Å². The molecule has 3 rings (SSSR count). The first-order chi connectivity index (χ1) is 14.4. The summed E-state index contributed by atoms with van der Waals surface area (Å²) < 4.78 is 10.5. The van der Waals surface area contributed by atoms with Crippen LogP contribution in [0.25, 0.3) is 0 Å². The average Bonchev–Trinajstić information content (AvgIpc) is 2.78. The molecule has 2 aromatic carbocycles. The molecular formula is C23H29N3O4. The van der Waals surface area contributed by atoms with Crippen molar-refractivity contribution in [2.24, 2.45) is 5.41 Å². The van der Waals surface area contributed by atoms with Crippen molar-refractivity contribution >= 4 is 17.6 Å². The minimum atomic E-state index is -0.631. The molecule has 0 aliphatic carbocycles. The number of nitrogens with zero attached hydrogens (tertiary/aromatic N) is 1. The van der Waals surface area contributed by atoms with Crippen molar-refractivity contribution in [3.63, 3.8) is 0 Å². The van der Waals surface area contributed by atoms with Crippen molar-refractivity contribution in [2.45, 2.75) is 26.3 Å². The highest BCUT2D eigenvalue weighted by molar-refractivity contribution is 5.92. The third kappa shape index (κ3) is 5.03. The molecule has 160 valence electrons. The van der Waals surface area contributed by atoms with Gasteiger partial charge in [0.25, 0.3) is 0 Å². The Balaban J connectivity index is 1.63. The highest BCUT2D eigenvalue weighted by Crippen LogP contribution is 2.32. The number of anilines is 1. The molecule has 1 unspecified atom stereocenters. The second-order valence-electron chi connectivity index (χ2n) is 7.75. The van der Waals surface area contributed by atoms with E-state index in [4.69, 9.17) is 9.47 Å². The monoisotopic (exact) mass is 411 g/mol. The quantitative estimate of drug-likeness (QED) is 0.760. The summed E-state index contributed by atoms with van der Waals surface area (Å²) >= 11 is 0. The van der Waals surface area contributed by atoms with Crippen LogP contribution in [-0.4, -0.2) is 44.1 Å². The van der Waals surface area contributed by atoms with Gasteiger partial charge in [-0.25, -0.2) is 4.79 Å². The van der Waals surface area contributed by atoms with E-state index >= 15 is 0 Å². The minimum Gasteiger partial charge on any atom is -0.497 e. The van der Waals surface area contributed by atoms with Crippen LogP contribution in [0.5, 0.6) is 11.5 Å². The predicted molar refractivity (Wildman–Crippen MR) is 116 cm³/mol. The van der Waals surface area contributed by atoms with Gasteiger partial charge >= 0.3 is 6.03 Å². The number of hydrogen-bond donors (Lipinski definition) is 2. The second-order valence-corrected chi connectivity index (χ2v) is 7.75. The average molecular weight is 412 g/mol. The Labute approximate surface area is 177 Å². The molecule has 2 aromatic rings. The third-order valence-electron chi connectivity index (χ3n) is 5.48. The molecule has 30 heavy (non-hydrogen) atoms. The summed E-state index contributed by atoms with van der Waals surface area (Å²) in [5.41, 5.74) is 0.976. The number of carbonyl (C=O) groups excluding carboxylic acids is 2. The van der Waals surface area contributed by atoms with Gasteiger partial charge in [-0.1, -0.05) is 30.3 Å². The molecule has 0 bridgehead atoms. The lowest BCUT2D eigenvalue weighted by Gasteiger charge is -2.39. The van der Waals surface area contributed by atoms with Gasteiger partial charge in [-0.3, -0.25) is 4.79 Å². The molecule has 7 heteroatoms. The van der Waals surface area contributed by atoms with Gasteiger partial charge < -0.3 is 25.0 Å². The van der Waals surface area contributed by atoms with Crippen LogP contribution in [0, 0.1) is 5.41 Å². The van der Waals surface area contributed by atoms with Crippen molar-refractivity contribution in [3.05, 3.63) is 54.1 Å². The van der Waals surface area contributed by atoms with E-state index in [1.54, 1.807) is 37.3 Å². The molecule has 1 aliphatic rings. The molecule has 0 radical (unpaired) electrons. The fraction of sp³-hybridized carbons (Fsp3) is 0.391. The van der Waals surface area contributed by atoms with E-state index in [-0.39, 0.29) is 11.9 Å². The van der Waals surface area contributed by atoms with E-state index in [0.29, 0.717) is 36.8 Å². The van der Waals surface area contributed by atoms with Gasteiger partial charge in [-0.05, 0) is 37.5 Å². The van der Waals surface area contributed by atoms with E-state index in [2.05, 4.69) is 10.6 Å². The fourth-order valence-electron chi connectivity index (χ4n) is 3.69. The highest BCUT2D eigenvalue weighted by Gasteiger charge is 2.39. The summed E-state index contributed by atoms with van der Waals surface area (Å²) in [5.74, 6) is 1.12. The van der Waals surface area contributed by atoms with E-state index in [1.165, 1.54) is 0 Å². The first-order valence-electron chi connectivity index (χ1n) is 10.1. The molecule has 1 aliphatic heterocycles. The van der Waals surface area contributed by atoms with Crippen molar-refractivity contribution < 1.29 is 19.1 Å². The Morgan fingerprint density at radius 2 is 1.87 bits per heavy atom. The Hall–Kier alpha value is -3.22. The summed E-state index contributed by atoms with van der Waals surface area (Å²) in [6.07, 6.45) is 1.51. The SMILES string of the molecule is COc1ccc(NC(=O)N2CCCC(C)(C(=O)NCc3ccccc3)C2)c(OC)c1. The van der Waals surface area contributed by atoms with Gasteiger partial charge in [0, 0.05) is 25.7 Å². The number of benzene rings is 2. The topological polar surface area (TPSA) is 79.9 Å². The number of carbonyl (C=O) groups is 2. The molecule has 3 amide bonds. The van der Waals surface area contributed by atoms with E-state index < -0.39 is 5.41 Å². The maximum atomic E-state index is 12.9. The highest BCUT2D eigenvalue weighted by atomic mass is 16.5. The molecule has 1 heterocycles. The zero-order chi connectivity index (χ0) is 21.6. The normalized spacial score (nSPS) is 18.4. The summed E-state index contributed by atoms with van der Waals surface area (Å²) in [7, 11) is 3.11. The van der Waals surface area contributed by atoms with Crippen molar-refractivity contribution in [2.75, 3.05) is 32.6 Å². The van der Waals surface area contributed by atoms with E-state index in [9.17, 15) is 9.59 Å². The van der Waals surface area contributed by atoms with Crippen LogP contribution in [0.2, 0.25) is 0 Å². The van der Waals surface area contributed by atoms with Gasteiger partial charge in [0.2, 0.25) is 5.91 Å². The molecule has 2 N–H and O–H groups in total. The Kier molecular flexibility index (Phi) is 6.82. The van der Waals surface area contributed by atoms with E-state index in [0.717, 1.165) is 18.4 Å². The van der Waals surface area contributed by atoms with Crippen molar-refractivity contribution in [1.29, 1.82) is 0 Å². The molecule has 1 fully saturated rings. The van der Waals surface area contributed by atoms with Gasteiger partial charge in [0.15, 0.2) is 0 Å². The number of methoxy groups -OCH3 is 2. The summed E-state index contributed by atoms with van der Waals surface area (Å²) in [6.45, 7) is 3.36. The standard InChI is InChI=1S/C23H29N3O4/c1-23(21(27)24-15-17-8-5-4-6-9-17)12-7-13-26(16-23)22(28)25-19-11-10-18(29-2)14-20(19)30-3/h4-6,8-11,14H,7,12-13,15-16H2,1-3H3,(H,24,27)(H,25,28). The fourth-order valence-corrected chi connectivity index (χ4v) is 3.69. The minimum absolute atomic E-state index is 0.0362. The number of nitrogens with one attached hydrogen (secondary N) is 2. The maximum absolute atomic E-state index is 12.9. The van der Waals surface area contributed by atoms with Gasteiger partial charge in [-0.15, -0.1) is 0 Å². The van der Waals surface area contributed by atoms with E-state index in [1.807, 2.05) is 37.3 Å². The largest absolute Gasteiger partial charge is 0.497 e. The van der Waals surface area contributed by atoms with Gasteiger partial charge in [-0.2, -0.15) is 0 Å². The lowest BCUT2D eigenvalue weighted by molar-refractivity contribution is -0.132. The Morgan fingerprint density at radius 3 is 2.57 bits per heavy atom. The first kappa shape index (κ1) is 21.5. The third-order valence-corrected chi connectivity index (χ3v) is 5.48. The van der Waals surface area contributed by atoms with Crippen LogP contribution >= 0.6 is 0 Å². The molecule has 0 saturated carbocycles. The van der Waals surface area contributed by atoms with Crippen molar-refractivity contribution in [1.82, 2.24) is 10.2 Å². The molecule has 0 aromatic heterocycles. The zero-order valence-corrected chi connectivity index (χ0v) is 17.7. The number of ether oxygens (including phenoxy) is 2. The lowest BCUT2D eigenvalue weighted by Crippen LogP contribution is -2.52. The maximum Gasteiger partial charge on any atom is 0.321 e. The van der Waals surface area contributed by atoms with Crippen LogP contribution in [0.15, 0.2) is 48.5 Å². The van der Waals surface area contributed by atoms with Crippen LogP contribution in [-0.2, 0) is 11.3 Å². The van der Waals surface area contributed by atoms with Crippen LogP contribution < -0.4 is 20.1 Å². The smallest absolute Gasteiger partial charge is 0.321 e. The molecule has 1 saturated heterocycles. The van der Waals surface area contributed by atoms with Gasteiger partial charge in [0.05, 0.1) is 25.3 Å². The summed E-state index contributed by atoms with van der Waals surface area (Å²) in [5, 5.41) is 5.91. The number of amides is 3. The predicted octanol–water partition coefficient (Wildman–Crippen LogP) is 3.65. The van der Waals surface area contributed by atoms with Crippen molar-refractivity contribution in [3.8, 4) is 11.5 Å². The molecule has 1 atom stereocenters. The number of rotatable bonds is 6. The number of urea groups is 1. The number of piperidine rings is 1. The summed E-state index contributed by atoms with van der Waals surface area (Å²) in [6, 6.07) is 14.8. The van der Waals surface area contributed by atoms with Crippen LogP contribution in [0.1, 0.15) is 25.3 Å². The Bertz CT molecular complexity index is 887. The van der Waals surface area contributed by atoms with Gasteiger partial charge in [0.1, 0.15) is 11.5 Å². The number of hydrogen-bond acceptors (Lipinski definition) is 4. The Morgan fingerprint density at radius 1 is 1.10 bits per heavy atom.